The van der Waals surface area contributed by atoms with E-state index in [0.717, 1.165) is 11.3 Å². The van der Waals surface area contributed by atoms with Crippen molar-refractivity contribution in [3.63, 3.8) is 0 Å². The fourth-order valence-corrected chi connectivity index (χ4v) is 1.19. The Kier molecular flexibility index (Phi) is 1.03. The molecule has 0 atom stereocenters. The molecule has 2 rings (SSSR count). The third-order valence-electron chi connectivity index (χ3n) is 1.74. The molecule has 1 aliphatic heterocycles. The summed E-state index contributed by atoms with van der Waals surface area (Å²) in [6.45, 7) is 0.654. The van der Waals surface area contributed by atoms with Gasteiger partial charge in [0.25, 0.3) is 0 Å². The summed E-state index contributed by atoms with van der Waals surface area (Å²) in [6, 6.07) is 1.95. The van der Waals surface area contributed by atoms with Gasteiger partial charge in [-0.15, -0.1) is 0 Å². The van der Waals surface area contributed by atoms with E-state index in [-0.39, 0.29) is 5.91 Å². The summed E-state index contributed by atoms with van der Waals surface area (Å²) in [5.74, 6) is 0.118. The zero-order valence-electron chi connectivity index (χ0n) is 5.48. The van der Waals surface area contributed by atoms with Crippen LogP contribution >= 0.6 is 0 Å². The summed E-state index contributed by atoms with van der Waals surface area (Å²) in [6.07, 6.45) is 2.39. The van der Waals surface area contributed by atoms with E-state index in [4.69, 9.17) is 0 Å². The highest BCUT2D eigenvalue weighted by atomic mass is 16.1. The third-order valence-corrected chi connectivity index (χ3v) is 1.74. The van der Waals surface area contributed by atoms with E-state index < -0.39 is 0 Å². The average Bonchev–Trinajstić information content (AvgIpc) is 2.33. The van der Waals surface area contributed by atoms with Gasteiger partial charge in [-0.2, -0.15) is 0 Å². The van der Waals surface area contributed by atoms with E-state index in [1.165, 1.54) is 0 Å². The van der Waals surface area contributed by atoms with E-state index >= 15 is 0 Å². The molecule has 0 aliphatic carbocycles. The highest BCUT2D eigenvalue weighted by Gasteiger charge is 2.13. The van der Waals surface area contributed by atoms with Gasteiger partial charge in [0.2, 0.25) is 5.91 Å². The molecule has 1 aromatic heterocycles. The summed E-state index contributed by atoms with van der Waals surface area (Å²) in [7, 11) is 0. The number of rotatable bonds is 0. The maximum absolute atomic E-state index is 10.8. The van der Waals surface area contributed by atoms with Gasteiger partial charge in [0.05, 0.1) is 13.0 Å². The average molecular weight is 136 g/mol. The predicted molar refractivity (Wildman–Crippen MR) is 36.3 cm³/mol. The molecule has 10 heavy (non-hydrogen) atoms. The van der Waals surface area contributed by atoms with Crippen LogP contribution in [-0.2, 0) is 17.8 Å². The van der Waals surface area contributed by atoms with E-state index in [1.54, 1.807) is 0 Å². The van der Waals surface area contributed by atoms with Gasteiger partial charge in [0.15, 0.2) is 0 Å². The Hall–Kier alpha value is -1.25. The number of fused-ring (bicyclic) bond motifs is 1. The molecule has 0 spiro atoms. The first-order valence-corrected chi connectivity index (χ1v) is 3.28. The van der Waals surface area contributed by atoms with Gasteiger partial charge in [-0.1, -0.05) is 0 Å². The van der Waals surface area contributed by atoms with Crippen LogP contribution in [0.3, 0.4) is 0 Å². The number of hydrogen-bond acceptors (Lipinski definition) is 1. The molecule has 3 nitrogen and oxygen atoms in total. The molecule has 3 heteroatoms. The van der Waals surface area contributed by atoms with E-state index in [9.17, 15) is 4.79 Å². The van der Waals surface area contributed by atoms with Crippen molar-refractivity contribution in [2.45, 2.75) is 13.0 Å². The number of aromatic amines is 1. The molecule has 52 valence electrons. The molecule has 2 N–H and O–H groups in total. The van der Waals surface area contributed by atoms with Crippen molar-refractivity contribution < 1.29 is 4.79 Å². The maximum Gasteiger partial charge on any atom is 0.224 e. The molecule has 0 aromatic carbocycles. The minimum Gasteiger partial charge on any atom is -0.363 e. The molecular formula is C7H8N2O. The van der Waals surface area contributed by atoms with Crippen LogP contribution in [-0.4, -0.2) is 10.9 Å². The normalized spacial score (nSPS) is 16.2. The van der Waals surface area contributed by atoms with Crippen LogP contribution in [0.1, 0.15) is 11.3 Å². The second-order valence-corrected chi connectivity index (χ2v) is 2.43. The van der Waals surface area contributed by atoms with Gasteiger partial charge in [0.1, 0.15) is 0 Å². The number of aromatic nitrogens is 1. The van der Waals surface area contributed by atoms with Crippen LogP contribution in [0.2, 0.25) is 0 Å². The second-order valence-electron chi connectivity index (χ2n) is 2.43. The molecule has 0 saturated carbocycles. The minimum absolute atomic E-state index is 0.118. The number of hydrogen-bond donors (Lipinski definition) is 2. The van der Waals surface area contributed by atoms with Gasteiger partial charge >= 0.3 is 0 Å². The molecule has 0 radical (unpaired) electrons. The topological polar surface area (TPSA) is 44.9 Å². The summed E-state index contributed by atoms with van der Waals surface area (Å²) >= 11 is 0. The standard InChI is InChI=1S/C7H8N2O/c10-7-3-5-1-2-8-6(5)4-9-7/h1-2,8H,3-4H2,(H,9,10). The highest BCUT2D eigenvalue weighted by molar-refractivity contribution is 5.80. The fraction of sp³-hybridized carbons (Fsp3) is 0.286. The number of carbonyl (C=O) groups is 1. The molecule has 1 amide bonds. The van der Waals surface area contributed by atoms with Crippen LogP contribution in [0.15, 0.2) is 12.3 Å². The van der Waals surface area contributed by atoms with Crippen LogP contribution in [0.5, 0.6) is 0 Å². The Labute approximate surface area is 58.4 Å². The van der Waals surface area contributed by atoms with Crippen molar-refractivity contribution in [3.05, 3.63) is 23.5 Å². The Balaban J connectivity index is 2.39. The first kappa shape index (κ1) is 5.53. The Morgan fingerprint density at radius 2 is 2.40 bits per heavy atom. The Morgan fingerprint density at radius 1 is 1.50 bits per heavy atom. The largest absolute Gasteiger partial charge is 0.363 e. The molecule has 0 fully saturated rings. The number of amides is 1. The van der Waals surface area contributed by atoms with Crippen LogP contribution in [0.25, 0.3) is 0 Å². The smallest absolute Gasteiger partial charge is 0.224 e. The lowest BCUT2D eigenvalue weighted by atomic mass is 10.1. The zero-order chi connectivity index (χ0) is 6.97. The minimum atomic E-state index is 0.118. The van der Waals surface area contributed by atoms with Crippen LogP contribution < -0.4 is 5.32 Å². The van der Waals surface area contributed by atoms with Crippen LogP contribution in [0.4, 0.5) is 0 Å². The summed E-state index contributed by atoms with van der Waals surface area (Å²) in [4.78, 5) is 13.9. The molecule has 1 aromatic rings. The number of carbonyl (C=O) groups excluding carboxylic acids is 1. The quantitative estimate of drug-likeness (QED) is 0.525. The Bertz CT molecular complexity index is 264. The molecule has 2 heterocycles. The predicted octanol–water partition coefficient (Wildman–Crippen LogP) is 0.187. The summed E-state index contributed by atoms with van der Waals surface area (Å²) < 4.78 is 0. The molecule has 0 bridgehead atoms. The van der Waals surface area contributed by atoms with Crippen molar-refractivity contribution >= 4 is 5.91 Å². The van der Waals surface area contributed by atoms with Gasteiger partial charge in [-0.05, 0) is 11.6 Å². The van der Waals surface area contributed by atoms with Crippen molar-refractivity contribution in [1.29, 1.82) is 0 Å². The molecular weight excluding hydrogens is 128 g/mol. The van der Waals surface area contributed by atoms with Crippen molar-refractivity contribution in [3.8, 4) is 0 Å². The van der Waals surface area contributed by atoms with E-state index in [0.29, 0.717) is 13.0 Å². The van der Waals surface area contributed by atoms with Gasteiger partial charge < -0.3 is 10.3 Å². The van der Waals surface area contributed by atoms with E-state index in [1.807, 2.05) is 12.3 Å². The lowest BCUT2D eigenvalue weighted by molar-refractivity contribution is -0.121. The van der Waals surface area contributed by atoms with Crippen LogP contribution in [0, 0.1) is 0 Å². The summed E-state index contributed by atoms with van der Waals surface area (Å²) in [5.41, 5.74) is 2.27. The SMILES string of the molecule is O=C1Cc2cc[nH]c2CN1. The molecule has 0 unspecified atom stereocenters. The monoisotopic (exact) mass is 136 g/mol. The van der Waals surface area contributed by atoms with Crippen molar-refractivity contribution in [1.82, 2.24) is 10.3 Å². The lowest BCUT2D eigenvalue weighted by Crippen LogP contribution is -2.29. The summed E-state index contributed by atoms with van der Waals surface area (Å²) in [5, 5.41) is 2.75. The number of nitrogens with one attached hydrogen (secondary N) is 2. The number of H-pyrrole nitrogens is 1. The molecule has 1 aliphatic rings. The zero-order valence-corrected chi connectivity index (χ0v) is 5.48. The van der Waals surface area contributed by atoms with Crippen molar-refractivity contribution in [2.75, 3.05) is 0 Å². The first-order valence-electron chi connectivity index (χ1n) is 3.28. The fourth-order valence-electron chi connectivity index (χ4n) is 1.19. The van der Waals surface area contributed by atoms with Crippen molar-refractivity contribution in [2.24, 2.45) is 0 Å². The third kappa shape index (κ3) is 0.708. The van der Waals surface area contributed by atoms with E-state index in [2.05, 4.69) is 10.3 Å². The van der Waals surface area contributed by atoms with Gasteiger partial charge in [-0.25, -0.2) is 0 Å². The maximum atomic E-state index is 10.8. The lowest BCUT2D eigenvalue weighted by Gasteiger charge is -2.11. The van der Waals surface area contributed by atoms with Gasteiger partial charge in [-0.3, -0.25) is 4.79 Å². The second kappa shape index (κ2) is 1.87. The van der Waals surface area contributed by atoms with Gasteiger partial charge in [0, 0.05) is 11.9 Å². The molecule has 0 saturated heterocycles. The highest BCUT2D eigenvalue weighted by Crippen LogP contribution is 2.10. The Morgan fingerprint density at radius 3 is 3.30 bits per heavy atom. The first-order chi connectivity index (χ1) is 4.86.